The minimum absolute atomic E-state index is 0.0685. The zero-order chi connectivity index (χ0) is 23.7. The summed E-state index contributed by atoms with van der Waals surface area (Å²) in [5.74, 6) is 1.53. The van der Waals surface area contributed by atoms with E-state index in [1.165, 1.54) is 5.56 Å². The predicted molar refractivity (Wildman–Crippen MR) is 129 cm³/mol. The van der Waals surface area contributed by atoms with Gasteiger partial charge in [0.2, 0.25) is 0 Å². The van der Waals surface area contributed by atoms with Crippen molar-refractivity contribution in [3.8, 4) is 23.5 Å². The number of nitriles is 1. The Hall–Kier alpha value is -3.66. The van der Waals surface area contributed by atoms with Crippen molar-refractivity contribution in [2.75, 3.05) is 20.2 Å². The van der Waals surface area contributed by atoms with Crippen molar-refractivity contribution in [1.82, 2.24) is 20.1 Å². The van der Waals surface area contributed by atoms with Crippen molar-refractivity contribution in [1.29, 1.82) is 5.26 Å². The van der Waals surface area contributed by atoms with Crippen LogP contribution in [-0.4, -0.2) is 46.2 Å². The summed E-state index contributed by atoms with van der Waals surface area (Å²) in [6, 6.07) is 14.7. The predicted octanol–water partition coefficient (Wildman–Crippen LogP) is 4.81. The smallest absolute Gasteiger partial charge is 0.314 e. The molecule has 0 radical (unpaired) electrons. The monoisotopic (exact) mass is 455 g/mol. The number of H-pyrrole nitrogens is 1. The van der Waals surface area contributed by atoms with Crippen LogP contribution >= 0.6 is 0 Å². The molecule has 2 aliphatic rings. The van der Waals surface area contributed by atoms with Crippen molar-refractivity contribution in [3.63, 3.8) is 0 Å². The average Bonchev–Trinajstić information content (AvgIpc) is 3.64. The van der Waals surface area contributed by atoms with E-state index in [9.17, 15) is 10.1 Å². The maximum absolute atomic E-state index is 13.7. The number of likely N-dealkylation sites (tertiary alicyclic amines) is 1. The van der Waals surface area contributed by atoms with Gasteiger partial charge in [0.1, 0.15) is 0 Å². The summed E-state index contributed by atoms with van der Waals surface area (Å²) in [6.45, 7) is 3.47. The van der Waals surface area contributed by atoms with Gasteiger partial charge in [-0.2, -0.15) is 5.26 Å². The first-order chi connectivity index (χ1) is 16.6. The van der Waals surface area contributed by atoms with Gasteiger partial charge in [0, 0.05) is 24.2 Å². The molecule has 0 unspecified atom stereocenters. The number of aromatic amines is 1. The van der Waals surface area contributed by atoms with Gasteiger partial charge in [-0.3, -0.25) is 9.78 Å². The van der Waals surface area contributed by atoms with Gasteiger partial charge >= 0.3 is 6.01 Å². The summed E-state index contributed by atoms with van der Waals surface area (Å²) in [4.78, 5) is 18.8. The second-order valence-electron chi connectivity index (χ2n) is 9.17. The normalized spacial score (nSPS) is 16.3. The van der Waals surface area contributed by atoms with Gasteiger partial charge in [0.15, 0.2) is 5.82 Å². The Kier molecular flexibility index (Phi) is 6.06. The number of nitrogens with one attached hydrogen (secondary N) is 1. The maximum Gasteiger partial charge on any atom is 0.314 e. The minimum atomic E-state index is 0.0685. The van der Waals surface area contributed by atoms with E-state index in [2.05, 4.69) is 34.2 Å². The van der Waals surface area contributed by atoms with E-state index >= 15 is 0 Å². The molecule has 5 rings (SSSR count). The van der Waals surface area contributed by atoms with E-state index in [0.29, 0.717) is 36.8 Å². The molecule has 2 heterocycles. The summed E-state index contributed by atoms with van der Waals surface area (Å²) in [7, 11) is 1.56. The Morgan fingerprint density at radius 3 is 2.50 bits per heavy atom. The number of aryl methyl sites for hydroxylation is 1. The number of aromatic nitrogens is 3. The maximum atomic E-state index is 13.7. The average molecular weight is 456 g/mol. The van der Waals surface area contributed by atoms with Crippen LogP contribution in [0.25, 0.3) is 11.4 Å². The molecule has 3 aromatic rings. The van der Waals surface area contributed by atoms with Crippen molar-refractivity contribution in [3.05, 3.63) is 64.2 Å². The fourth-order valence-corrected chi connectivity index (χ4v) is 5.07. The summed E-state index contributed by atoms with van der Waals surface area (Å²) >= 11 is 0. The number of carbonyl (C=O) groups is 1. The first-order valence-corrected chi connectivity index (χ1v) is 12.0. The third-order valence-electron chi connectivity index (χ3n) is 7.12. The Morgan fingerprint density at radius 1 is 1.12 bits per heavy atom. The standard InChI is InChI=1S/C27H29N5O2/c1-3-17-14-22(18-8-9-18)24(25-29-27(34-2)31-30-25)15-23(17)26(33)32-12-10-19(11-13-32)21-7-5-4-6-20(21)16-28/h4-7,14-15,18-19H,3,8-13H2,1-2H3,(H,29,30,31). The summed E-state index contributed by atoms with van der Waals surface area (Å²) in [6.07, 6.45) is 4.84. The van der Waals surface area contributed by atoms with Gasteiger partial charge in [-0.1, -0.05) is 36.3 Å². The Bertz CT molecular complexity index is 1250. The van der Waals surface area contributed by atoms with E-state index < -0.39 is 0 Å². The number of hydrogen-bond acceptors (Lipinski definition) is 5. The summed E-state index contributed by atoms with van der Waals surface area (Å²) in [5, 5.41) is 17.8. The zero-order valence-corrected chi connectivity index (χ0v) is 19.7. The highest BCUT2D eigenvalue weighted by molar-refractivity contribution is 5.97. The third-order valence-corrected chi connectivity index (χ3v) is 7.12. The number of hydrogen-bond donors (Lipinski definition) is 1. The Labute approximate surface area is 199 Å². The molecule has 1 amide bonds. The van der Waals surface area contributed by atoms with Gasteiger partial charge < -0.3 is 9.64 Å². The quantitative estimate of drug-likeness (QED) is 0.575. The lowest BCUT2D eigenvalue weighted by Gasteiger charge is -2.33. The second-order valence-corrected chi connectivity index (χ2v) is 9.17. The molecule has 1 N–H and O–H groups in total. The highest BCUT2D eigenvalue weighted by Crippen LogP contribution is 2.45. The van der Waals surface area contributed by atoms with E-state index in [1.54, 1.807) is 7.11 Å². The number of rotatable bonds is 6. The molecule has 34 heavy (non-hydrogen) atoms. The van der Waals surface area contributed by atoms with Crippen LogP contribution < -0.4 is 4.74 Å². The lowest BCUT2D eigenvalue weighted by atomic mass is 9.86. The van der Waals surface area contributed by atoms with E-state index in [-0.39, 0.29) is 5.91 Å². The molecular formula is C27H29N5O2. The van der Waals surface area contributed by atoms with Crippen molar-refractivity contribution in [2.45, 2.75) is 50.9 Å². The van der Waals surface area contributed by atoms with Crippen LogP contribution in [0.4, 0.5) is 0 Å². The van der Waals surface area contributed by atoms with Gasteiger partial charge in [-0.05, 0) is 72.8 Å². The van der Waals surface area contributed by atoms with Crippen LogP contribution in [0.2, 0.25) is 0 Å². The molecular weight excluding hydrogens is 426 g/mol. The Balaban J connectivity index is 1.41. The molecule has 7 nitrogen and oxygen atoms in total. The number of carbonyl (C=O) groups excluding carboxylic acids is 1. The van der Waals surface area contributed by atoms with E-state index in [0.717, 1.165) is 59.9 Å². The van der Waals surface area contributed by atoms with E-state index in [4.69, 9.17) is 4.74 Å². The largest absolute Gasteiger partial charge is 0.467 e. The summed E-state index contributed by atoms with van der Waals surface area (Å²) in [5.41, 5.74) is 5.84. The molecule has 7 heteroatoms. The molecule has 1 aromatic heterocycles. The van der Waals surface area contributed by atoms with E-state index in [1.807, 2.05) is 35.2 Å². The van der Waals surface area contributed by atoms with Crippen molar-refractivity contribution < 1.29 is 9.53 Å². The fraction of sp³-hybridized carbons (Fsp3) is 0.407. The van der Waals surface area contributed by atoms with Crippen LogP contribution in [0.3, 0.4) is 0 Å². The highest BCUT2D eigenvalue weighted by Gasteiger charge is 2.31. The number of nitrogens with zero attached hydrogens (tertiary/aromatic N) is 4. The molecule has 0 spiro atoms. The number of benzene rings is 2. The van der Waals surface area contributed by atoms with Gasteiger partial charge in [-0.15, -0.1) is 5.10 Å². The van der Waals surface area contributed by atoms with Crippen LogP contribution in [0.15, 0.2) is 36.4 Å². The van der Waals surface area contributed by atoms with Crippen LogP contribution in [0.5, 0.6) is 6.01 Å². The first-order valence-electron chi connectivity index (χ1n) is 12.0. The Morgan fingerprint density at radius 2 is 1.85 bits per heavy atom. The van der Waals surface area contributed by atoms with Gasteiger partial charge in [0.05, 0.1) is 18.7 Å². The molecule has 174 valence electrons. The lowest BCUT2D eigenvalue weighted by Crippen LogP contribution is -2.38. The van der Waals surface area contributed by atoms with Gasteiger partial charge in [-0.25, -0.2) is 0 Å². The van der Waals surface area contributed by atoms with Crippen molar-refractivity contribution in [2.24, 2.45) is 0 Å². The molecule has 2 fully saturated rings. The minimum Gasteiger partial charge on any atom is -0.467 e. The third kappa shape index (κ3) is 4.16. The fourth-order valence-electron chi connectivity index (χ4n) is 5.07. The molecule has 1 saturated carbocycles. The molecule has 0 bridgehead atoms. The zero-order valence-electron chi connectivity index (χ0n) is 19.7. The summed E-state index contributed by atoms with van der Waals surface area (Å²) < 4.78 is 5.19. The first kappa shape index (κ1) is 22.1. The molecule has 1 aliphatic carbocycles. The topological polar surface area (TPSA) is 94.9 Å². The number of amides is 1. The molecule has 0 atom stereocenters. The van der Waals surface area contributed by atoms with Crippen molar-refractivity contribution >= 4 is 5.91 Å². The number of methoxy groups -OCH3 is 1. The number of piperidine rings is 1. The number of ether oxygens (including phenoxy) is 1. The molecule has 1 aliphatic heterocycles. The SMILES string of the molecule is CCc1cc(C2CC2)c(-c2nnc(OC)[nH]2)cc1C(=O)N1CCC(c2ccccc2C#N)CC1. The molecule has 2 aromatic carbocycles. The lowest BCUT2D eigenvalue weighted by molar-refractivity contribution is 0.0712. The molecule has 1 saturated heterocycles. The second kappa shape index (κ2) is 9.30. The van der Waals surface area contributed by atoms with Gasteiger partial charge in [0.25, 0.3) is 5.91 Å². The van der Waals surface area contributed by atoms with Crippen LogP contribution in [0, 0.1) is 11.3 Å². The van der Waals surface area contributed by atoms with Crippen LogP contribution in [0.1, 0.15) is 77.1 Å². The highest BCUT2D eigenvalue weighted by atomic mass is 16.5. The van der Waals surface area contributed by atoms with Crippen LogP contribution in [-0.2, 0) is 6.42 Å².